The van der Waals surface area contributed by atoms with Crippen molar-refractivity contribution in [3.8, 4) is 11.4 Å². The maximum Gasteiger partial charge on any atom is 0.417 e. The molecular formula is C26H29F3N6. The van der Waals surface area contributed by atoms with Crippen molar-refractivity contribution >= 4 is 17.2 Å². The van der Waals surface area contributed by atoms with Crippen LogP contribution < -0.4 is 16.0 Å². The van der Waals surface area contributed by atoms with Gasteiger partial charge in [0.2, 0.25) is 0 Å². The number of nitrogens with one attached hydrogen (secondary N) is 3. The third-order valence-electron chi connectivity index (χ3n) is 6.00. The Bertz CT molecular complexity index is 1170. The van der Waals surface area contributed by atoms with Crippen LogP contribution in [0.15, 0.2) is 55.1 Å². The summed E-state index contributed by atoms with van der Waals surface area (Å²) >= 11 is 0. The van der Waals surface area contributed by atoms with E-state index in [1.54, 1.807) is 0 Å². The van der Waals surface area contributed by atoms with E-state index in [1.807, 2.05) is 24.3 Å². The number of halogens is 3. The van der Waals surface area contributed by atoms with Gasteiger partial charge in [-0.2, -0.15) is 13.2 Å². The molecule has 0 saturated carbocycles. The number of piperidine rings is 1. The van der Waals surface area contributed by atoms with E-state index in [4.69, 9.17) is 0 Å². The molecule has 2 aromatic carbocycles. The first-order chi connectivity index (χ1) is 16.9. The molecule has 6 nitrogen and oxygen atoms in total. The summed E-state index contributed by atoms with van der Waals surface area (Å²) in [7, 11) is 0. The lowest BCUT2D eigenvalue weighted by atomic mass is 9.94. The highest BCUT2D eigenvalue weighted by Gasteiger charge is 2.34. The summed E-state index contributed by atoms with van der Waals surface area (Å²) in [5.41, 5.74) is 2.08. The molecule has 1 aliphatic rings. The molecule has 0 radical (unpaired) electrons. The quantitative estimate of drug-likeness (QED) is 0.370. The number of hydrogen-bond donors (Lipinski definition) is 3. The van der Waals surface area contributed by atoms with Crippen LogP contribution in [0.2, 0.25) is 0 Å². The van der Waals surface area contributed by atoms with E-state index >= 15 is 0 Å². The Kier molecular flexibility index (Phi) is 7.65. The number of hydrogen-bond acceptors (Lipinski definition) is 6. The van der Waals surface area contributed by atoms with Crippen LogP contribution in [0.4, 0.5) is 24.7 Å². The standard InChI is InChI=1S/C26H29F3N6/c1-3-14-31-22-11-7-5-8-19(22)17(2)32-25-23(18-12-15-30-16-13-18)34-35-24(33-25)20-9-4-6-10-21(20)26(27,28)29/h4-11,18,30-31H,2-3,12-16H2,1H3,(H,32,33,35). The fraction of sp³-hybridized carbons (Fsp3) is 0.346. The summed E-state index contributed by atoms with van der Waals surface area (Å²) in [5.74, 6) is 0.393. The van der Waals surface area contributed by atoms with Crippen molar-refractivity contribution in [1.82, 2.24) is 20.5 Å². The lowest BCUT2D eigenvalue weighted by molar-refractivity contribution is -0.137. The number of anilines is 2. The molecule has 2 heterocycles. The molecule has 0 bridgehead atoms. The zero-order chi connectivity index (χ0) is 24.8. The molecule has 3 N–H and O–H groups in total. The molecule has 1 aliphatic heterocycles. The van der Waals surface area contributed by atoms with Gasteiger partial charge < -0.3 is 16.0 Å². The van der Waals surface area contributed by atoms with E-state index in [0.29, 0.717) is 17.2 Å². The molecule has 4 rings (SSSR count). The Hall–Kier alpha value is -3.46. The highest BCUT2D eigenvalue weighted by Crippen LogP contribution is 2.37. The van der Waals surface area contributed by atoms with Crippen molar-refractivity contribution in [2.75, 3.05) is 30.3 Å². The molecule has 9 heteroatoms. The predicted octanol–water partition coefficient (Wildman–Crippen LogP) is 5.93. The highest BCUT2D eigenvalue weighted by atomic mass is 19.4. The summed E-state index contributed by atoms with van der Waals surface area (Å²) in [6.45, 7) is 8.75. The van der Waals surface area contributed by atoms with Crippen LogP contribution in [0.1, 0.15) is 48.9 Å². The third-order valence-corrected chi connectivity index (χ3v) is 6.00. The summed E-state index contributed by atoms with van der Waals surface area (Å²) < 4.78 is 41.0. The largest absolute Gasteiger partial charge is 0.417 e. The SMILES string of the molecule is C=C(Nc1nc(-c2ccccc2C(F)(F)F)nnc1C1CCNCC1)c1ccccc1NCCC. The molecule has 1 fully saturated rings. The van der Waals surface area contributed by atoms with Gasteiger partial charge in [0, 0.05) is 35.0 Å². The van der Waals surface area contributed by atoms with Crippen LogP contribution in [0.3, 0.4) is 0 Å². The molecule has 1 saturated heterocycles. The van der Waals surface area contributed by atoms with Crippen LogP contribution in [-0.2, 0) is 6.18 Å². The number of para-hydroxylation sites is 1. The van der Waals surface area contributed by atoms with Crippen LogP contribution in [0, 0.1) is 0 Å². The average molecular weight is 483 g/mol. The Balaban J connectivity index is 1.74. The average Bonchev–Trinajstić information content (AvgIpc) is 2.87. The zero-order valence-electron chi connectivity index (χ0n) is 19.6. The second kappa shape index (κ2) is 10.9. The lowest BCUT2D eigenvalue weighted by Crippen LogP contribution is -2.28. The fourth-order valence-electron chi connectivity index (χ4n) is 4.21. The van der Waals surface area contributed by atoms with Gasteiger partial charge in [-0.3, -0.25) is 0 Å². The summed E-state index contributed by atoms with van der Waals surface area (Å²) in [6, 6.07) is 13.0. The maximum absolute atomic E-state index is 13.7. The van der Waals surface area contributed by atoms with Crippen molar-refractivity contribution in [2.24, 2.45) is 0 Å². The molecule has 35 heavy (non-hydrogen) atoms. The van der Waals surface area contributed by atoms with E-state index < -0.39 is 11.7 Å². The Morgan fingerprint density at radius 2 is 1.77 bits per heavy atom. The Labute approximate surface area is 203 Å². The van der Waals surface area contributed by atoms with E-state index in [9.17, 15) is 13.2 Å². The van der Waals surface area contributed by atoms with Gasteiger partial charge >= 0.3 is 6.18 Å². The van der Waals surface area contributed by atoms with E-state index in [-0.39, 0.29) is 17.3 Å². The van der Waals surface area contributed by atoms with Gasteiger partial charge in [0.25, 0.3) is 0 Å². The van der Waals surface area contributed by atoms with Crippen molar-refractivity contribution in [3.05, 3.63) is 71.9 Å². The second-order valence-corrected chi connectivity index (χ2v) is 8.51. The highest BCUT2D eigenvalue weighted by molar-refractivity contribution is 5.82. The van der Waals surface area contributed by atoms with Crippen LogP contribution >= 0.6 is 0 Å². The van der Waals surface area contributed by atoms with Crippen LogP contribution in [-0.4, -0.2) is 34.8 Å². The van der Waals surface area contributed by atoms with Crippen molar-refractivity contribution in [3.63, 3.8) is 0 Å². The molecule has 0 atom stereocenters. The molecular weight excluding hydrogens is 453 g/mol. The van der Waals surface area contributed by atoms with E-state index in [2.05, 4.69) is 44.6 Å². The fourth-order valence-corrected chi connectivity index (χ4v) is 4.21. The monoisotopic (exact) mass is 482 g/mol. The predicted molar refractivity (Wildman–Crippen MR) is 133 cm³/mol. The van der Waals surface area contributed by atoms with E-state index in [0.717, 1.165) is 56.2 Å². The normalized spacial score (nSPS) is 14.5. The number of benzene rings is 2. The zero-order valence-corrected chi connectivity index (χ0v) is 19.6. The van der Waals surface area contributed by atoms with Gasteiger partial charge in [-0.05, 0) is 44.5 Å². The van der Waals surface area contributed by atoms with Crippen LogP contribution in [0.5, 0.6) is 0 Å². The molecule has 0 aliphatic carbocycles. The number of alkyl halides is 3. The minimum Gasteiger partial charge on any atom is -0.385 e. The minimum absolute atomic E-state index is 0.0803. The first-order valence-corrected chi connectivity index (χ1v) is 11.8. The van der Waals surface area contributed by atoms with Gasteiger partial charge in [-0.15, -0.1) is 10.2 Å². The Morgan fingerprint density at radius 3 is 2.51 bits per heavy atom. The van der Waals surface area contributed by atoms with Crippen molar-refractivity contribution < 1.29 is 13.2 Å². The van der Waals surface area contributed by atoms with Crippen molar-refractivity contribution in [2.45, 2.75) is 38.3 Å². The third kappa shape index (κ3) is 5.79. The first-order valence-electron chi connectivity index (χ1n) is 11.8. The topological polar surface area (TPSA) is 74.8 Å². The number of aromatic nitrogens is 3. The van der Waals surface area contributed by atoms with Gasteiger partial charge in [-0.25, -0.2) is 4.98 Å². The molecule has 0 amide bonds. The molecule has 1 aromatic heterocycles. The summed E-state index contributed by atoms with van der Waals surface area (Å²) in [5, 5.41) is 18.5. The van der Waals surface area contributed by atoms with Gasteiger partial charge in [-0.1, -0.05) is 49.9 Å². The van der Waals surface area contributed by atoms with Crippen molar-refractivity contribution in [1.29, 1.82) is 0 Å². The molecule has 0 unspecified atom stereocenters. The van der Waals surface area contributed by atoms with Gasteiger partial charge in [0.05, 0.1) is 5.56 Å². The molecule has 0 spiro atoms. The summed E-state index contributed by atoms with van der Waals surface area (Å²) in [6.07, 6.45) is -1.89. The second-order valence-electron chi connectivity index (χ2n) is 8.51. The van der Waals surface area contributed by atoms with Gasteiger partial charge in [0.15, 0.2) is 11.6 Å². The van der Waals surface area contributed by atoms with Crippen LogP contribution in [0.25, 0.3) is 17.1 Å². The number of rotatable bonds is 8. The smallest absolute Gasteiger partial charge is 0.385 e. The number of nitrogens with zero attached hydrogens (tertiary/aromatic N) is 3. The summed E-state index contributed by atoms with van der Waals surface area (Å²) in [4.78, 5) is 4.56. The Morgan fingerprint density at radius 1 is 1.06 bits per heavy atom. The molecule has 184 valence electrons. The van der Waals surface area contributed by atoms with Gasteiger partial charge in [0.1, 0.15) is 5.69 Å². The first kappa shape index (κ1) is 24.7. The lowest BCUT2D eigenvalue weighted by Gasteiger charge is -2.24. The maximum atomic E-state index is 13.7. The minimum atomic E-state index is -4.53. The molecule has 3 aromatic rings. The van der Waals surface area contributed by atoms with E-state index in [1.165, 1.54) is 18.2 Å².